The van der Waals surface area contributed by atoms with Gasteiger partial charge in [0.25, 0.3) is 0 Å². The number of anilines is 1. The summed E-state index contributed by atoms with van der Waals surface area (Å²) in [5, 5.41) is 17.3. The van der Waals surface area contributed by atoms with Crippen molar-refractivity contribution in [3.05, 3.63) is 78.2 Å². The van der Waals surface area contributed by atoms with E-state index in [1.165, 1.54) is 5.56 Å². The number of piperazine rings is 1. The van der Waals surface area contributed by atoms with Crippen molar-refractivity contribution in [3.8, 4) is 22.9 Å². The lowest BCUT2D eigenvalue weighted by molar-refractivity contribution is 0.198. The van der Waals surface area contributed by atoms with Crippen LogP contribution >= 0.6 is 0 Å². The molecule has 0 spiro atoms. The minimum Gasteiger partial charge on any atom is -0.492 e. The lowest BCUT2D eigenvalue weighted by Crippen LogP contribution is -2.46. The number of pyridine rings is 2. The quantitative estimate of drug-likeness (QED) is 0.436. The molecular weight excluding hydrogens is 450 g/mol. The molecule has 8 nitrogen and oxygen atoms in total. The van der Waals surface area contributed by atoms with E-state index in [-0.39, 0.29) is 0 Å². The number of rotatable bonds is 7. The van der Waals surface area contributed by atoms with Crippen molar-refractivity contribution in [2.75, 3.05) is 50.8 Å². The highest BCUT2D eigenvalue weighted by Gasteiger charge is 2.20. The molecule has 1 aromatic carbocycles. The van der Waals surface area contributed by atoms with E-state index in [0.29, 0.717) is 18.1 Å². The zero-order valence-corrected chi connectivity index (χ0v) is 20.2. The number of hydrogen-bond donors (Lipinski definition) is 1. The van der Waals surface area contributed by atoms with Crippen molar-refractivity contribution in [3.63, 3.8) is 0 Å². The molecule has 8 heteroatoms. The van der Waals surface area contributed by atoms with Gasteiger partial charge < -0.3 is 15.0 Å². The van der Waals surface area contributed by atoms with E-state index in [9.17, 15) is 5.26 Å². The van der Waals surface area contributed by atoms with Crippen molar-refractivity contribution < 1.29 is 4.74 Å². The van der Waals surface area contributed by atoms with Gasteiger partial charge in [0.05, 0.1) is 30.1 Å². The van der Waals surface area contributed by atoms with E-state index >= 15 is 0 Å². The molecule has 0 bridgehead atoms. The molecule has 4 aromatic rings. The molecule has 2 saturated heterocycles. The van der Waals surface area contributed by atoms with Crippen LogP contribution in [0.2, 0.25) is 0 Å². The molecule has 0 unspecified atom stereocenters. The molecule has 1 N–H and O–H groups in total. The van der Waals surface area contributed by atoms with Crippen LogP contribution in [0.5, 0.6) is 5.75 Å². The van der Waals surface area contributed by atoms with E-state index in [4.69, 9.17) is 9.72 Å². The van der Waals surface area contributed by atoms with Crippen LogP contribution in [-0.4, -0.2) is 65.4 Å². The summed E-state index contributed by atoms with van der Waals surface area (Å²) >= 11 is 0. The second-order valence-electron chi connectivity index (χ2n) is 9.54. The Balaban J connectivity index is 1.19. The minimum absolute atomic E-state index is 0.533. The Morgan fingerprint density at radius 3 is 2.56 bits per heavy atom. The van der Waals surface area contributed by atoms with Gasteiger partial charge in [0.2, 0.25) is 0 Å². The molecule has 182 valence electrons. The number of nitrogens with zero attached hydrogens (tertiary/aromatic N) is 6. The zero-order valence-electron chi connectivity index (χ0n) is 20.2. The lowest BCUT2D eigenvalue weighted by atomic mass is 10.0. The van der Waals surface area contributed by atoms with Crippen LogP contribution in [0, 0.1) is 17.2 Å². The molecule has 36 heavy (non-hydrogen) atoms. The van der Waals surface area contributed by atoms with Gasteiger partial charge in [-0.3, -0.25) is 4.90 Å². The maximum Gasteiger partial charge on any atom is 0.138 e. The molecule has 2 aliphatic heterocycles. The first-order valence-electron chi connectivity index (χ1n) is 12.5. The van der Waals surface area contributed by atoms with Crippen LogP contribution in [0.4, 0.5) is 5.82 Å². The highest BCUT2D eigenvalue weighted by atomic mass is 16.5. The predicted octanol–water partition coefficient (Wildman–Crippen LogP) is 3.19. The number of nitrogens with one attached hydrogen (secondary N) is 1. The number of hydrogen-bond acceptors (Lipinski definition) is 7. The van der Waals surface area contributed by atoms with E-state index in [1.807, 2.05) is 18.5 Å². The van der Waals surface area contributed by atoms with E-state index in [1.54, 1.807) is 10.7 Å². The summed E-state index contributed by atoms with van der Waals surface area (Å²) in [5.74, 6) is 2.26. The maximum absolute atomic E-state index is 9.64. The third-order valence-corrected chi connectivity index (χ3v) is 7.06. The third-order valence-electron chi connectivity index (χ3n) is 7.06. The second-order valence-corrected chi connectivity index (χ2v) is 9.54. The molecular formula is C28H29N7O. The Morgan fingerprint density at radius 2 is 1.86 bits per heavy atom. The zero-order chi connectivity index (χ0) is 24.3. The van der Waals surface area contributed by atoms with E-state index in [0.717, 1.165) is 74.0 Å². The Kier molecular flexibility index (Phi) is 6.24. The second kappa shape index (κ2) is 9.97. The first kappa shape index (κ1) is 22.5. The third kappa shape index (κ3) is 4.63. The van der Waals surface area contributed by atoms with Crippen LogP contribution in [0.3, 0.4) is 0 Å². The van der Waals surface area contributed by atoms with Crippen molar-refractivity contribution in [2.24, 2.45) is 5.92 Å². The number of nitriles is 1. The maximum atomic E-state index is 9.64. The molecule has 3 aromatic heterocycles. The van der Waals surface area contributed by atoms with Gasteiger partial charge in [0, 0.05) is 69.1 Å². The number of benzene rings is 1. The fourth-order valence-electron chi connectivity index (χ4n) is 4.87. The molecule has 0 amide bonds. The van der Waals surface area contributed by atoms with Crippen LogP contribution in [-0.2, 0) is 6.54 Å². The predicted molar refractivity (Wildman–Crippen MR) is 139 cm³/mol. The molecule has 0 saturated carbocycles. The van der Waals surface area contributed by atoms with Gasteiger partial charge in [-0.05, 0) is 23.8 Å². The fraction of sp³-hybridized carbons (Fsp3) is 0.321. The van der Waals surface area contributed by atoms with Gasteiger partial charge in [0.15, 0.2) is 0 Å². The average Bonchev–Trinajstić information content (AvgIpc) is 3.32. The fourth-order valence-corrected chi connectivity index (χ4v) is 4.87. The molecule has 0 radical (unpaired) electrons. The minimum atomic E-state index is 0.533. The molecule has 5 heterocycles. The summed E-state index contributed by atoms with van der Waals surface area (Å²) in [7, 11) is 0. The standard InChI is InChI=1S/C28H29N7O/c29-13-24-17-32-35-19-25(36-20-22-14-30-15-22)12-26(28(24)35)23-6-7-27(31-16-23)34-10-8-33(9-11-34)18-21-4-2-1-3-5-21/h1-7,12,16-17,19,22,30H,8-11,14-15,18,20H2. The Hall–Kier alpha value is -3.93. The topological polar surface area (TPSA) is 81.7 Å². The normalized spacial score (nSPS) is 16.6. The summed E-state index contributed by atoms with van der Waals surface area (Å²) in [6, 6.07) is 19.1. The van der Waals surface area contributed by atoms with Crippen molar-refractivity contribution >= 4 is 11.3 Å². The first-order chi connectivity index (χ1) is 17.8. The molecule has 2 fully saturated rings. The molecule has 2 aliphatic rings. The van der Waals surface area contributed by atoms with Gasteiger partial charge in [-0.25, -0.2) is 9.50 Å². The summed E-state index contributed by atoms with van der Waals surface area (Å²) < 4.78 is 7.82. The van der Waals surface area contributed by atoms with E-state index in [2.05, 4.69) is 68.7 Å². The van der Waals surface area contributed by atoms with Gasteiger partial charge in [-0.15, -0.1) is 0 Å². The lowest BCUT2D eigenvalue weighted by Gasteiger charge is -2.35. The van der Waals surface area contributed by atoms with Gasteiger partial charge in [-0.1, -0.05) is 30.3 Å². The van der Waals surface area contributed by atoms with Crippen molar-refractivity contribution in [1.82, 2.24) is 24.8 Å². The van der Waals surface area contributed by atoms with Crippen molar-refractivity contribution in [1.29, 1.82) is 5.26 Å². The average molecular weight is 480 g/mol. The summed E-state index contributed by atoms with van der Waals surface area (Å²) in [5.41, 5.74) is 4.52. The molecule has 0 aliphatic carbocycles. The van der Waals surface area contributed by atoms with Crippen LogP contribution in [0.1, 0.15) is 11.1 Å². The summed E-state index contributed by atoms with van der Waals surface area (Å²) in [4.78, 5) is 9.64. The molecule has 6 rings (SSSR count). The van der Waals surface area contributed by atoms with Gasteiger partial charge >= 0.3 is 0 Å². The summed E-state index contributed by atoms with van der Waals surface area (Å²) in [6.07, 6.45) is 5.35. The number of fused-ring (bicyclic) bond motifs is 1. The SMILES string of the molecule is N#Cc1cnn2cc(OCC3CNC3)cc(-c3ccc(N4CCN(Cc5ccccc5)CC4)nc3)c12. The Labute approximate surface area is 210 Å². The van der Waals surface area contributed by atoms with E-state index < -0.39 is 0 Å². The number of ether oxygens (including phenoxy) is 1. The smallest absolute Gasteiger partial charge is 0.138 e. The van der Waals surface area contributed by atoms with Gasteiger partial charge in [-0.2, -0.15) is 10.4 Å². The largest absolute Gasteiger partial charge is 0.492 e. The Bertz CT molecular complexity index is 1370. The van der Waals surface area contributed by atoms with Crippen LogP contribution in [0.25, 0.3) is 16.6 Å². The first-order valence-corrected chi connectivity index (χ1v) is 12.5. The highest BCUT2D eigenvalue weighted by molar-refractivity contribution is 5.85. The Morgan fingerprint density at radius 1 is 1.03 bits per heavy atom. The molecule has 0 atom stereocenters. The monoisotopic (exact) mass is 479 g/mol. The van der Waals surface area contributed by atoms with Crippen LogP contribution < -0.4 is 15.0 Å². The highest BCUT2D eigenvalue weighted by Crippen LogP contribution is 2.31. The number of aromatic nitrogens is 3. The van der Waals surface area contributed by atoms with Crippen molar-refractivity contribution in [2.45, 2.75) is 6.54 Å². The van der Waals surface area contributed by atoms with Crippen LogP contribution in [0.15, 0.2) is 67.1 Å². The summed E-state index contributed by atoms with van der Waals surface area (Å²) in [6.45, 7) is 7.54. The van der Waals surface area contributed by atoms with Gasteiger partial charge in [0.1, 0.15) is 17.6 Å².